The van der Waals surface area contributed by atoms with E-state index in [-0.39, 0.29) is 0 Å². The largest absolute Gasteiger partial charge is 0.465 e. The Morgan fingerprint density at radius 2 is 2.26 bits per heavy atom. The minimum Gasteiger partial charge on any atom is -0.465 e. The topological polar surface area (TPSA) is 51.6 Å². The summed E-state index contributed by atoms with van der Waals surface area (Å²) in [7, 11) is 1.76. The third-order valence-corrected chi connectivity index (χ3v) is 4.11. The molecule has 1 aliphatic carbocycles. The van der Waals surface area contributed by atoms with Crippen molar-refractivity contribution in [2.24, 2.45) is 11.7 Å². The molecule has 2 N–H and O–H groups in total. The van der Waals surface area contributed by atoms with Crippen molar-refractivity contribution in [2.45, 2.75) is 45.8 Å². The molecule has 1 aliphatic rings. The number of aryl methyl sites for hydroxylation is 1. The van der Waals surface area contributed by atoms with E-state index in [2.05, 4.69) is 17.9 Å². The lowest BCUT2D eigenvalue weighted by Gasteiger charge is -2.28. The molecule has 1 atom stereocenters. The van der Waals surface area contributed by atoms with Crippen LogP contribution in [0.3, 0.4) is 0 Å². The van der Waals surface area contributed by atoms with Gasteiger partial charge in [-0.3, -0.25) is 4.90 Å². The second-order valence-electron chi connectivity index (χ2n) is 5.54. The van der Waals surface area contributed by atoms with Gasteiger partial charge in [0.05, 0.1) is 13.2 Å². The van der Waals surface area contributed by atoms with E-state index in [4.69, 9.17) is 14.9 Å². The molecule has 1 saturated carbocycles. The molecule has 0 spiro atoms. The van der Waals surface area contributed by atoms with Gasteiger partial charge in [0.1, 0.15) is 11.5 Å². The Hall–Kier alpha value is -0.840. The van der Waals surface area contributed by atoms with E-state index in [9.17, 15) is 0 Å². The van der Waals surface area contributed by atoms with Crippen LogP contribution in [-0.4, -0.2) is 31.2 Å². The van der Waals surface area contributed by atoms with Crippen LogP contribution in [0.2, 0.25) is 0 Å². The van der Waals surface area contributed by atoms with Crippen LogP contribution in [0, 0.1) is 12.8 Å². The number of ether oxygens (including phenoxy) is 1. The van der Waals surface area contributed by atoms with Crippen LogP contribution in [0.4, 0.5) is 0 Å². The van der Waals surface area contributed by atoms with E-state index in [1.165, 1.54) is 18.4 Å². The highest BCUT2D eigenvalue weighted by Crippen LogP contribution is 2.35. The van der Waals surface area contributed by atoms with Crippen molar-refractivity contribution in [1.29, 1.82) is 0 Å². The number of methoxy groups -OCH3 is 1. The Morgan fingerprint density at radius 1 is 1.53 bits per heavy atom. The molecular weight excluding hydrogens is 240 g/mol. The summed E-state index contributed by atoms with van der Waals surface area (Å²) < 4.78 is 10.9. The highest BCUT2D eigenvalue weighted by Gasteiger charge is 2.32. The number of nitrogens with zero attached hydrogens (tertiary/aromatic N) is 1. The van der Waals surface area contributed by atoms with E-state index in [1.54, 1.807) is 7.11 Å². The predicted molar refractivity (Wildman–Crippen MR) is 75.8 cm³/mol. The second-order valence-corrected chi connectivity index (χ2v) is 5.54. The molecule has 1 fully saturated rings. The number of furan rings is 1. The Balaban J connectivity index is 2.02. The van der Waals surface area contributed by atoms with Gasteiger partial charge >= 0.3 is 0 Å². The molecule has 1 unspecified atom stereocenters. The number of nitrogens with two attached hydrogens (primary N) is 1. The van der Waals surface area contributed by atoms with Gasteiger partial charge in [-0.2, -0.15) is 0 Å². The van der Waals surface area contributed by atoms with Crippen LogP contribution < -0.4 is 5.73 Å². The van der Waals surface area contributed by atoms with Crippen LogP contribution >= 0.6 is 0 Å². The smallest absolute Gasteiger partial charge is 0.118 e. The SMILES string of the molecule is COCCN(Cc1cc(CN)oc1C)C(C)C1CC1. The van der Waals surface area contributed by atoms with Gasteiger partial charge in [-0.1, -0.05) is 0 Å². The fourth-order valence-corrected chi connectivity index (χ4v) is 2.58. The molecule has 0 saturated heterocycles. The Bertz CT molecular complexity index is 399. The summed E-state index contributed by atoms with van der Waals surface area (Å²) in [5, 5.41) is 0. The maximum atomic E-state index is 5.64. The molecule has 1 aromatic heterocycles. The molecule has 0 radical (unpaired) electrons. The number of hydrogen-bond acceptors (Lipinski definition) is 4. The lowest BCUT2D eigenvalue weighted by Crippen LogP contribution is -2.36. The van der Waals surface area contributed by atoms with Crippen molar-refractivity contribution in [3.05, 3.63) is 23.2 Å². The molecule has 19 heavy (non-hydrogen) atoms. The first-order valence-corrected chi connectivity index (χ1v) is 7.17. The third-order valence-electron chi connectivity index (χ3n) is 4.11. The second kappa shape index (κ2) is 6.55. The molecule has 4 nitrogen and oxygen atoms in total. The monoisotopic (exact) mass is 266 g/mol. The molecule has 2 rings (SSSR count). The highest BCUT2D eigenvalue weighted by atomic mass is 16.5. The van der Waals surface area contributed by atoms with Gasteiger partial charge in [-0.15, -0.1) is 0 Å². The van der Waals surface area contributed by atoms with E-state index >= 15 is 0 Å². The Morgan fingerprint density at radius 3 is 2.79 bits per heavy atom. The zero-order valence-corrected chi connectivity index (χ0v) is 12.3. The van der Waals surface area contributed by atoms with E-state index < -0.39 is 0 Å². The van der Waals surface area contributed by atoms with Crippen LogP contribution in [0.1, 0.15) is 36.8 Å². The van der Waals surface area contributed by atoms with Gasteiger partial charge in [0, 0.05) is 31.8 Å². The van der Waals surface area contributed by atoms with Crippen LogP contribution in [0.15, 0.2) is 10.5 Å². The van der Waals surface area contributed by atoms with Crippen molar-refractivity contribution >= 4 is 0 Å². The van der Waals surface area contributed by atoms with E-state index in [0.29, 0.717) is 12.6 Å². The summed E-state index contributed by atoms with van der Waals surface area (Å²) in [6.07, 6.45) is 2.73. The number of rotatable bonds is 8. The summed E-state index contributed by atoms with van der Waals surface area (Å²) >= 11 is 0. The van der Waals surface area contributed by atoms with Crippen LogP contribution in [0.5, 0.6) is 0 Å². The van der Waals surface area contributed by atoms with Crippen LogP contribution in [0.25, 0.3) is 0 Å². The third kappa shape index (κ3) is 3.81. The molecule has 0 bridgehead atoms. The van der Waals surface area contributed by atoms with Crippen LogP contribution in [-0.2, 0) is 17.8 Å². The van der Waals surface area contributed by atoms with Crippen molar-refractivity contribution in [3.63, 3.8) is 0 Å². The summed E-state index contributed by atoms with van der Waals surface area (Å²) in [4.78, 5) is 2.50. The summed E-state index contributed by atoms with van der Waals surface area (Å²) in [5.74, 6) is 2.72. The molecule has 0 aliphatic heterocycles. The predicted octanol–water partition coefficient (Wildman–Crippen LogP) is 2.29. The first kappa shape index (κ1) is 14.6. The molecular formula is C15H26N2O2. The van der Waals surface area contributed by atoms with Crippen molar-refractivity contribution in [2.75, 3.05) is 20.3 Å². The molecule has 0 aromatic carbocycles. The fraction of sp³-hybridized carbons (Fsp3) is 0.733. The van der Waals surface area contributed by atoms with Gasteiger partial charge in [0.15, 0.2) is 0 Å². The molecule has 108 valence electrons. The van der Waals surface area contributed by atoms with Crippen molar-refractivity contribution < 1.29 is 9.15 Å². The molecule has 1 heterocycles. The average molecular weight is 266 g/mol. The zero-order chi connectivity index (χ0) is 13.8. The normalized spacial score (nSPS) is 17.1. The minimum atomic E-state index is 0.469. The van der Waals surface area contributed by atoms with Crippen molar-refractivity contribution in [3.8, 4) is 0 Å². The van der Waals surface area contributed by atoms with E-state index in [0.717, 1.165) is 37.1 Å². The summed E-state index contributed by atoms with van der Waals surface area (Å²) in [6.45, 7) is 7.49. The summed E-state index contributed by atoms with van der Waals surface area (Å²) in [5.41, 5.74) is 6.89. The Labute approximate surface area is 115 Å². The lowest BCUT2D eigenvalue weighted by atomic mass is 10.1. The first-order chi connectivity index (χ1) is 9.15. The van der Waals surface area contributed by atoms with Crippen molar-refractivity contribution in [1.82, 2.24) is 4.90 Å². The van der Waals surface area contributed by atoms with E-state index in [1.807, 2.05) is 6.92 Å². The maximum absolute atomic E-state index is 5.64. The Kier molecular flexibility index (Phi) is 5.02. The summed E-state index contributed by atoms with van der Waals surface area (Å²) in [6, 6.07) is 2.71. The van der Waals surface area contributed by atoms with Gasteiger partial charge in [-0.05, 0) is 38.7 Å². The zero-order valence-electron chi connectivity index (χ0n) is 12.3. The highest BCUT2D eigenvalue weighted by molar-refractivity contribution is 5.20. The van der Waals surface area contributed by atoms with Gasteiger partial charge in [0.25, 0.3) is 0 Å². The minimum absolute atomic E-state index is 0.469. The molecule has 1 aromatic rings. The van der Waals surface area contributed by atoms with Gasteiger partial charge < -0.3 is 14.9 Å². The molecule has 0 amide bonds. The number of hydrogen-bond donors (Lipinski definition) is 1. The van der Waals surface area contributed by atoms with Gasteiger partial charge in [-0.25, -0.2) is 0 Å². The van der Waals surface area contributed by atoms with Gasteiger partial charge in [0.2, 0.25) is 0 Å². The standard InChI is InChI=1S/C15H26N2O2/c1-11(13-4-5-13)17(6-7-18-3)10-14-8-15(9-16)19-12(14)2/h8,11,13H,4-7,9-10,16H2,1-3H3. The first-order valence-electron chi connectivity index (χ1n) is 7.17. The quantitative estimate of drug-likeness (QED) is 0.784. The maximum Gasteiger partial charge on any atom is 0.118 e. The lowest BCUT2D eigenvalue weighted by molar-refractivity contribution is 0.111. The molecule has 4 heteroatoms. The fourth-order valence-electron chi connectivity index (χ4n) is 2.58. The average Bonchev–Trinajstić information content (AvgIpc) is 3.19.